The predicted molar refractivity (Wildman–Crippen MR) is 48.0 cm³/mol. The average molecular weight is 196 g/mol. The Morgan fingerprint density at radius 3 is 3.14 bits per heavy atom. The molecule has 0 aliphatic heterocycles. The number of nitrogens with zero attached hydrogens (tertiary/aromatic N) is 3. The van der Waals surface area contributed by atoms with Crippen molar-refractivity contribution < 1.29 is 9.90 Å². The van der Waals surface area contributed by atoms with Gasteiger partial charge in [-0.05, 0) is 12.8 Å². The molecule has 1 fully saturated rings. The molecule has 0 bridgehead atoms. The Labute approximate surface area is 80.9 Å². The normalized spacial score (nSPS) is 15.4. The highest BCUT2D eigenvalue weighted by Crippen LogP contribution is 2.38. The average Bonchev–Trinajstić information content (AvgIpc) is 2.87. The molecule has 1 saturated carbocycles. The standard InChI is InChI=1S/C8H12N4O2/c13-8(14)9-3-4-12-10-5-7(11-12)6-1-2-6/h5-6,9H,1-4H2,(H,13,14). The summed E-state index contributed by atoms with van der Waals surface area (Å²) in [6, 6.07) is 0. The zero-order valence-electron chi connectivity index (χ0n) is 7.68. The van der Waals surface area contributed by atoms with Gasteiger partial charge in [0.2, 0.25) is 0 Å². The lowest BCUT2D eigenvalue weighted by Crippen LogP contribution is -2.25. The molecule has 1 heterocycles. The van der Waals surface area contributed by atoms with Crippen LogP contribution in [0, 0.1) is 0 Å². The van der Waals surface area contributed by atoms with E-state index < -0.39 is 6.09 Å². The lowest BCUT2D eigenvalue weighted by atomic mass is 10.3. The first-order valence-corrected chi connectivity index (χ1v) is 4.62. The minimum absolute atomic E-state index is 0.341. The number of hydrogen-bond acceptors (Lipinski definition) is 3. The molecule has 0 spiro atoms. The second-order valence-electron chi connectivity index (χ2n) is 3.37. The number of nitrogens with one attached hydrogen (secondary N) is 1. The molecule has 1 aliphatic rings. The van der Waals surface area contributed by atoms with Gasteiger partial charge >= 0.3 is 6.09 Å². The van der Waals surface area contributed by atoms with Crippen LogP contribution in [0.5, 0.6) is 0 Å². The van der Waals surface area contributed by atoms with Crippen LogP contribution >= 0.6 is 0 Å². The maximum atomic E-state index is 10.2. The molecule has 76 valence electrons. The van der Waals surface area contributed by atoms with E-state index in [1.807, 2.05) is 0 Å². The van der Waals surface area contributed by atoms with Gasteiger partial charge < -0.3 is 10.4 Å². The van der Waals surface area contributed by atoms with E-state index >= 15 is 0 Å². The third-order valence-electron chi connectivity index (χ3n) is 2.14. The fraction of sp³-hybridized carbons (Fsp3) is 0.625. The Morgan fingerprint density at radius 2 is 2.50 bits per heavy atom. The predicted octanol–water partition coefficient (Wildman–Crippen LogP) is 0.423. The first kappa shape index (κ1) is 8.98. The monoisotopic (exact) mass is 196 g/mol. The van der Waals surface area contributed by atoms with Gasteiger partial charge in [-0.25, -0.2) is 4.79 Å². The molecule has 0 radical (unpaired) electrons. The lowest BCUT2D eigenvalue weighted by Gasteiger charge is -1.99. The molecule has 0 atom stereocenters. The van der Waals surface area contributed by atoms with Crippen LogP contribution < -0.4 is 5.32 Å². The van der Waals surface area contributed by atoms with Gasteiger partial charge in [0.1, 0.15) is 0 Å². The number of carbonyl (C=O) groups is 1. The van der Waals surface area contributed by atoms with Crippen LogP contribution in [-0.2, 0) is 6.54 Å². The smallest absolute Gasteiger partial charge is 0.404 e. The summed E-state index contributed by atoms with van der Waals surface area (Å²) in [5.74, 6) is 0.594. The van der Waals surface area contributed by atoms with Gasteiger partial charge in [-0.15, -0.1) is 0 Å². The zero-order chi connectivity index (χ0) is 9.97. The summed E-state index contributed by atoms with van der Waals surface area (Å²) >= 11 is 0. The molecule has 0 aromatic carbocycles. The van der Waals surface area contributed by atoms with Crippen LogP contribution in [0.2, 0.25) is 0 Å². The van der Waals surface area contributed by atoms with Crippen molar-refractivity contribution in [2.45, 2.75) is 25.3 Å². The van der Waals surface area contributed by atoms with E-state index in [4.69, 9.17) is 5.11 Å². The van der Waals surface area contributed by atoms with Crippen LogP contribution in [0.4, 0.5) is 4.79 Å². The van der Waals surface area contributed by atoms with Crippen molar-refractivity contribution in [2.24, 2.45) is 0 Å². The van der Waals surface area contributed by atoms with Crippen molar-refractivity contribution in [2.75, 3.05) is 6.54 Å². The molecule has 2 rings (SSSR count). The lowest BCUT2D eigenvalue weighted by molar-refractivity contribution is 0.193. The summed E-state index contributed by atoms with van der Waals surface area (Å²) in [6.07, 6.45) is 3.15. The van der Waals surface area contributed by atoms with E-state index in [2.05, 4.69) is 15.5 Å². The van der Waals surface area contributed by atoms with Gasteiger partial charge in [0.25, 0.3) is 0 Å². The second-order valence-corrected chi connectivity index (χ2v) is 3.37. The molecular weight excluding hydrogens is 184 g/mol. The van der Waals surface area contributed by atoms with Crippen molar-refractivity contribution in [3.63, 3.8) is 0 Å². The highest BCUT2D eigenvalue weighted by Gasteiger charge is 2.26. The van der Waals surface area contributed by atoms with Crippen LogP contribution in [-0.4, -0.2) is 32.7 Å². The SMILES string of the molecule is O=C(O)NCCn1ncc(C2CC2)n1. The number of carboxylic acid groups (broad SMARTS) is 1. The molecule has 14 heavy (non-hydrogen) atoms. The molecule has 2 N–H and O–H groups in total. The van der Waals surface area contributed by atoms with E-state index in [-0.39, 0.29) is 0 Å². The van der Waals surface area contributed by atoms with Gasteiger partial charge in [-0.1, -0.05) is 0 Å². The van der Waals surface area contributed by atoms with E-state index in [1.54, 1.807) is 6.20 Å². The molecular formula is C8H12N4O2. The molecule has 6 nitrogen and oxygen atoms in total. The van der Waals surface area contributed by atoms with Gasteiger partial charge in [0.05, 0.1) is 18.4 Å². The van der Waals surface area contributed by atoms with Crippen LogP contribution in [0.15, 0.2) is 6.20 Å². The summed E-state index contributed by atoms with van der Waals surface area (Å²) in [4.78, 5) is 11.7. The molecule has 1 aromatic rings. The summed E-state index contributed by atoms with van der Waals surface area (Å²) in [5.41, 5.74) is 1.03. The minimum Gasteiger partial charge on any atom is -0.465 e. The van der Waals surface area contributed by atoms with Gasteiger partial charge in [-0.3, -0.25) is 0 Å². The summed E-state index contributed by atoms with van der Waals surface area (Å²) in [6.45, 7) is 0.827. The fourth-order valence-electron chi connectivity index (χ4n) is 1.25. The van der Waals surface area contributed by atoms with E-state index in [1.165, 1.54) is 17.6 Å². The number of rotatable bonds is 4. The molecule has 1 amide bonds. The quantitative estimate of drug-likeness (QED) is 0.731. The van der Waals surface area contributed by atoms with Crippen molar-refractivity contribution in [3.05, 3.63) is 11.9 Å². The van der Waals surface area contributed by atoms with E-state index in [0.29, 0.717) is 19.0 Å². The van der Waals surface area contributed by atoms with Crippen LogP contribution in [0.3, 0.4) is 0 Å². The number of amides is 1. The summed E-state index contributed by atoms with van der Waals surface area (Å²) in [7, 11) is 0. The maximum Gasteiger partial charge on any atom is 0.404 e. The van der Waals surface area contributed by atoms with Crippen molar-refractivity contribution in [1.29, 1.82) is 0 Å². The molecule has 0 saturated heterocycles. The van der Waals surface area contributed by atoms with E-state index in [9.17, 15) is 4.79 Å². The minimum atomic E-state index is -1.01. The number of aromatic nitrogens is 3. The Kier molecular flexibility index (Phi) is 2.34. The van der Waals surface area contributed by atoms with Crippen molar-refractivity contribution in [3.8, 4) is 0 Å². The molecule has 6 heteroatoms. The Bertz CT molecular complexity index is 332. The largest absolute Gasteiger partial charge is 0.465 e. The molecule has 0 unspecified atom stereocenters. The van der Waals surface area contributed by atoms with Gasteiger partial charge in [-0.2, -0.15) is 15.0 Å². The third-order valence-corrected chi connectivity index (χ3v) is 2.14. The van der Waals surface area contributed by atoms with E-state index in [0.717, 1.165) is 5.69 Å². The third kappa shape index (κ3) is 2.21. The number of hydrogen-bond donors (Lipinski definition) is 2. The van der Waals surface area contributed by atoms with Crippen LogP contribution in [0.1, 0.15) is 24.5 Å². The zero-order valence-corrected chi connectivity index (χ0v) is 7.68. The summed E-state index contributed by atoms with van der Waals surface area (Å²) < 4.78 is 0. The second kappa shape index (κ2) is 3.65. The Morgan fingerprint density at radius 1 is 1.71 bits per heavy atom. The highest BCUT2D eigenvalue weighted by atomic mass is 16.4. The first-order valence-electron chi connectivity index (χ1n) is 4.62. The Hall–Kier alpha value is -1.59. The van der Waals surface area contributed by atoms with Gasteiger partial charge in [0.15, 0.2) is 0 Å². The fourth-order valence-corrected chi connectivity index (χ4v) is 1.25. The summed E-state index contributed by atoms with van der Waals surface area (Å²) in [5, 5.41) is 18.9. The topological polar surface area (TPSA) is 80.0 Å². The Balaban J connectivity index is 1.80. The van der Waals surface area contributed by atoms with Crippen molar-refractivity contribution >= 4 is 6.09 Å². The van der Waals surface area contributed by atoms with Crippen LogP contribution in [0.25, 0.3) is 0 Å². The molecule has 1 aliphatic carbocycles. The first-order chi connectivity index (χ1) is 6.75. The molecule has 1 aromatic heterocycles. The van der Waals surface area contributed by atoms with Crippen molar-refractivity contribution in [1.82, 2.24) is 20.3 Å². The maximum absolute atomic E-state index is 10.2. The highest BCUT2D eigenvalue weighted by molar-refractivity contribution is 5.64. The van der Waals surface area contributed by atoms with Gasteiger partial charge in [0, 0.05) is 12.5 Å².